The SMILES string of the molecule is COC(=O)c1cc(NC(=O)c2cccc3c2OC(C)C3C)cc(F)c1F. The molecule has 2 unspecified atom stereocenters. The molecule has 0 radical (unpaired) electrons. The minimum Gasteiger partial charge on any atom is -0.489 e. The van der Waals surface area contributed by atoms with E-state index in [1.54, 1.807) is 12.1 Å². The van der Waals surface area contributed by atoms with E-state index in [1.807, 2.05) is 19.9 Å². The van der Waals surface area contributed by atoms with Crippen molar-refractivity contribution in [3.05, 3.63) is 58.7 Å². The topological polar surface area (TPSA) is 64.6 Å². The summed E-state index contributed by atoms with van der Waals surface area (Å²) in [6, 6.07) is 7.02. The second kappa shape index (κ2) is 6.74. The molecule has 2 aromatic carbocycles. The minimum atomic E-state index is -1.33. The van der Waals surface area contributed by atoms with E-state index in [2.05, 4.69) is 10.1 Å². The normalized spacial score (nSPS) is 18.0. The Balaban J connectivity index is 1.93. The first-order valence-corrected chi connectivity index (χ1v) is 8.01. The van der Waals surface area contributed by atoms with Gasteiger partial charge in [0.15, 0.2) is 11.6 Å². The lowest BCUT2D eigenvalue weighted by molar-refractivity contribution is 0.0594. The second-order valence-corrected chi connectivity index (χ2v) is 6.10. The Kier molecular flexibility index (Phi) is 4.63. The summed E-state index contributed by atoms with van der Waals surface area (Å²) in [5, 5.41) is 2.47. The predicted molar refractivity (Wildman–Crippen MR) is 90.6 cm³/mol. The van der Waals surface area contributed by atoms with Gasteiger partial charge < -0.3 is 14.8 Å². The molecular weight excluding hydrogens is 344 g/mol. The van der Waals surface area contributed by atoms with Crippen LogP contribution in [0, 0.1) is 11.6 Å². The largest absolute Gasteiger partial charge is 0.489 e. The summed E-state index contributed by atoms with van der Waals surface area (Å²) in [6.45, 7) is 3.90. The fourth-order valence-electron chi connectivity index (χ4n) is 2.88. The first kappa shape index (κ1) is 17.8. The predicted octanol–water partition coefficient (Wildman–Crippen LogP) is 3.89. The highest BCUT2D eigenvalue weighted by Gasteiger charge is 2.31. The number of amides is 1. The molecule has 1 N–H and O–H groups in total. The molecule has 1 amide bonds. The molecule has 136 valence electrons. The van der Waals surface area contributed by atoms with Crippen molar-refractivity contribution in [3.8, 4) is 5.75 Å². The summed E-state index contributed by atoms with van der Waals surface area (Å²) in [7, 11) is 1.05. The van der Waals surface area contributed by atoms with Gasteiger partial charge in [-0.1, -0.05) is 19.1 Å². The molecular formula is C19H17F2NO4. The van der Waals surface area contributed by atoms with Crippen LogP contribution in [0.5, 0.6) is 5.75 Å². The molecule has 0 spiro atoms. The smallest absolute Gasteiger partial charge is 0.341 e. The van der Waals surface area contributed by atoms with Crippen molar-refractivity contribution in [2.45, 2.75) is 25.9 Å². The third kappa shape index (κ3) is 3.00. The van der Waals surface area contributed by atoms with Gasteiger partial charge in [0.05, 0.1) is 12.7 Å². The zero-order valence-corrected chi connectivity index (χ0v) is 14.4. The van der Waals surface area contributed by atoms with Gasteiger partial charge in [-0.2, -0.15) is 0 Å². The molecule has 2 aromatic rings. The van der Waals surface area contributed by atoms with E-state index in [9.17, 15) is 18.4 Å². The van der Waals surface area contributed by atoms with Crippen LogP contribution in [-0.2, 0) is 4.74 Å². The van der Waals surface area contributed by atoms with Gasteiger partial charge in [0.2, 0.25) is 0 Å². The molecule has 7 heteroatoms. The summed E-state index contributed by atoms with van der Waals surface area (Å²) < 4.78 is 37.7. The average molecular weight is 361 g/mol. The molecule has 0 fully saturated rings. The molecule has 5 nitrogen and oxygen atoms in total. The van der Waals surface area contributed by atoms with Gasteiger partial charge in [-0.05, 0) is 19.1 Å². The number of esters is 1. The number of hydrogen-bond acceptors (Lipinski definition) is 4. The fourth-order valence-corrected chi connectivity index (χ4v) is 2.88. The number of carbonyl (C=O) groups is 2. The number of methoxy groups -OCH3 is 1. The van der Waals surface area contributed by atoms with Gasteiger partial charge >= 0.3 is 5.97 Å². The standard InChI is InChI=1S/C19H17F2NO4/c1-9-10(2)26-17-12(9)5-4-6-13(17)18(23)22-11-7-14(19(24)25-3)16(21)15(20)8-11/h4-10H,1-3H3,(H,22,23). The van der Waals surface area contributed by atoms with E-state index < -0.39 is 29.1 Å². The first-order valence-electron chi connectivity index (χ1n) is 8.01. The maximum atomic E-state index is 13.8. The molecule has 0 aliphatic carbocycles. The zero-order valence-electron chi connectivity index (χ0n) is 14.4. The number of ether oxygens (including phenoxy) is 2. The van der Waals surface area contributed by atoms with Crippen molar-refractivity contribution >= 4 is 17.6 Å². The maximum absolute atomic E-state index is 13.8. The van der Waals surface area contributed by atoms with Crippen molar-refractivity contribution in [3.63, 3.8) is 0 Å². The van der Waals surface area contributed by atoms with Gasteiger partial charge in [-0.3, -0.25) is 4.79 Å². The van der Waals surface area contributed by atoms with Gasteiger partial charge in [-0.25, -0.2) is 13.6 Å². The van der Waals surface area contributed by atoms with Gasteiger partial charge in [0.1, 0.15) is 17.4 Å². The quantitative estimate of drug-likeness (QED) is 0.843. The second-order valence-electron chi connectivity index (χ2n) is 6.10. The van der Waals surface area contributed by atoms with Gasteiger partial charge in [-0.15, -0.1) is 0 Å². The third-order valence-electron chi connectivity index (χ3n) is 4.48. The van der Waals surface area contributed by atoms with Crippen LogP contribution in [0.3, 0.4) is 0 Å². The molecule has 3 rings (SSSR count). The van der Waals surface area contributed by atoms with Crippen molar-refractivity contribution in [2.24, 2.45) is 0 Å². The Morgan fingerprint density at radius 3 is 2.58 bits per heavy atom. The molecule has 1 heterocycles. The first-order chi connectivity index (χ1) is 12.3. The summed E-state index contributed by atoms with van der Waals surface area (Å²) in [6.07, 6.45) is -0.0758. The molecule has 0 aromatic heterocycles. The third-order valence-corrected chi connectivity index (χ3v) is 4.48. The van der Waals surface area contributed by atoms with Crippen LogP contribution in [0.25, 0.3) is 0 Å². The lowest BCUT2D eigenvalue weighted by atomic mass is 9.97. The zero-order chi connectivity index (χ0) is 19.0. The number of benzene rings is 2. The summed E-state index contributed by atoms with van der Waals surface area (Å²) in [4.78, 5) is 24.2. The van der Waals surface area contributed by atoms with E-state index in [0.29, 0.717) is 5.75 Å². The van der Waals surface area contributed by atoms with Crippen LogP contribution in [0.1, 0.15) is 46.0 Å². The van der Waals surface area contributed by atoms with Gasteiger partial charge in [0, 0.05) is 23.2 Å². The molecule has 0 saturated carbocycles. The van der Waals surface area contributed by atoms with Crippen LogP contribution in [-0.4, -0.2) is 25.1 Å². The lowest BCUT2D eigenvalue weighted by Gasteiger charge is -2.11. The van der Waals surface area contributed by atoms with Crippen LogP contribution in [0.15, 0.2) is 30.3 Å². The highest BCUT2D eigenvalue weighted by molar-refractivity contribution is 6.07. The van der Waals surface area contributed by atoms with Crippen molar-refractivity contribution < 1.29 is 27.8 Å². The number of fused-ring (bicyclic) bond motifs is 1. The van der Waals surface area contributed by atoms with E-state index in [-0.39, 0.29) is 23.3 Å². The fraction of sp³-hybridized carbons (Fsp3) is 0.263. The number of rotatable bonds is 3. The number of halogens is 2. The van der Waals surface area contributed by atoms with Crippen molar-refractivity contribution in [1.82, 2.24) is 0 Å². The number of carbonyl (C=O) groups excluding carboxylic acids is 2. The Bertz CT molecular complexity index is 897. The molecule has 0 saturated heterocycles. The van der Waals surface area contributed by atoms with E-state index >= 15 is 0 Å². The number of hydrogen-bond donors (Lipinski definition) is 1. The summed E-state index contributed by atoms with van der Waals surface area (Å²) >= 11 is 0. The summed E-state index contributed by atoms with van der Waals surface area (Å²) in [5.41, 5.74) is 0.527. The van der Waals surface area contributed by atoms with Gasteiger partial charge in [0.25, 0.3) is 5.91 Å². The highest BCUT2D eigenvalue weighted by Crippen LogP contribution is 2.40. The highest BCUT2D eigenvalue weighted by atomic mass is 19.2. The van der Waals surface area contributed by atoms with E-state index in [1.165, 1.54) is 0 Å². The number of anilines is 1. The summed E-state index contributed by atoms with van der Waals surface area (Å²) in [5.74, 6) is -3.58. The van der Waals surface area contributed by atoms with Crippen LogP contribution < -0.4 is 10.1 Å². The monoisotopic (exact) mass is 361 g/mol. The van der Waals surface area contributed by atoms with Crippen LogP contribution in [0.2, 0.25) is 0 Å². The van der Waals surface area contributed by atoms with Crippen LogP contribution >= 0.6 is 0 Å². The molecule has 1 aliphatic heterocycles. The van der Waals surface area contributed by atoms with E-state index in [4.69, 9.17) is 4.74 Å². The molecule has 0 bridgehead atoms. The molecule has 1 aliphatic rings. The van der Waals surface area contributed by atoms with Crippen molar-refractivity contribution in [2.75, 3.05) is 12.4 Å². The lowest BCUT2D eigenvalue weighted by Crippen LogP contribution is -2.15. The Labute approximate surface area is 148 Å². The van der Waals surface area contributed by atoms with Crippen molar-refractivity contribution in [1.29, 1.82) is 0 Å². The van der Waals surface area contributed by atoms with E-state index in [0.717, 1.165) is 24.8 Å². The molecule has 26 heavy (non-hydrogen) atoms. The number of nitrogens with one attached hydrogen (secondary N) is 1. The average Bonchev–Trinajstić information content (AvgIpc) is 2.91. The molecule has 2 atom stereocenters. The Morgan fingerprint density at radius 2 is 1.88 bits per heavy atom. The Hall–Kier alpha value is -2.96. The number of para-hydroxylation sites is 1. The maximum Gasteiger partial charge on any atom is 0.341 e. The Morgan fingerprint density at radius 1 is 1.15 bits per heavy atom. The van der Waals surface area contributed by atoms with Crippen LogP contribution in [0.4, 0.5) is 14.5 Å². The minimum absolute atomic E-state index is 0.0639.